The van der Waals surface area contributed by atoms with E-state index in [1.54, 1.807) is 6.20 Å². The highest BCUT2D eigenvalue weighted by molar-refractivity contribution is 7.90. The molecule has 0 spiro atoms. The third-order valence-corrected chi connectivity index (χ3v) is 6.79. The highest BCUT2D eigenvalue weighted by Crippen LogP contribution is 2.21. The molecule has 2 aromatic rings. The van der Waals surface area contributed by atoms with Gasteiger partial charge < -0.3 is 4.90 Å². The fourth-order valence-corrected chi connectivity index (χ4v) is 4.76. The first-order chi connectivity index (χ1) is 11.8. The zero-order valence-electron chi connectivity index (χ0n) is 13.3. The second-order valence-electron chi connectivity index (χ2n) is 5.60. The van der Waals surface area contributed by atoms with Gasteiger partial charge in [0, 0.05) is 32.4 Å². The van der Waals surface area contributed by atoms with Crippen molar-refractivity contribution in [1.82, 2.24) is 9.29 Å². The van der Waals surface area contributed by atoms with Crippen LogP contribution in [0.4, 0.5) is 5.82 Å². The van der Waals surface area contributed by atoms with Crippen molar-refractivity contribution in [2.75, 3.05) is 31.1 Å². The SMILES string of the molecule is NS(=O)(=O)c1cccc(S(=O)(=O)N2CCN(c3ccccn3)CC2)c1. The van der Waals surface area contributed by atoms with Crippen molar-refractivity contribution in [2.45, 2.75) is 9.79 Å². The number of pyridine rings is 1. The Hall–Kier alpha value is -2.01. The van der Waals surface area contributed by atoms with E-state index in [1.165, 1.54) is 22.5 Å². The summed E-state index contributed by atoms with van der Waals surface area (Å²) in [5.41, 5.74) is 0. The van der Waals surface area contributed by atoms with Gasteiger partial charge in [-0.3, -0.25) is 0 Å². The molecule has 2 heterocycles. The molecular formula is C15H18N4O4S2. The largest absolute Gasteiger partial charge is 0.354 e. The predicted molar refractivity (Wildman–Crippen MR) is 93.0 cm³/mol. The molecule has 0 saturated carbocycles. The van der Waals surface area contributed by atoms with E-state index in [4.69, 9.17) is 5.14 Å². The zero-order chi connectivity index (χ0) is 18.1. The number of anilines is 1. The Morgan fingerprint density at radius 1 is 0.880 bits per heavy atom. The number of piperazine rings is 1. The van der Waals surface area contributed by atoms with Crippen LogP contribution in [0.2, 0.25) is 0 Å². The molecule has 10 heteroatoms. The van der Waals surface area contributed by atoms with Crippen LogP contribution in [0, 0.1) is 0 Å². The average molecular weight is 382 g/mol. The van der Waals surface area contributed by atoms with Crippen molar-refractivity contribution >= 4 is 25.9 Å². The second-order valence-corrected chi connectivity index (χ2v) is 9.10. The fraction of sp³-hybridized carbons (Fsp3) is 0.267. The van der Waals surface area contributed by atoms with Crippen LogP contribution in [-0.2, 0) is 20.0 Å². The number of nitrogens with zero attached hydrogens (tertiary/aromatic N) is 3. The Bertz CT molecular complexity index is 954. The topological polar surface area (TPSA) is 114 Å². The Kier molecular flexibility index (Phi) is 4.78. The van der Waals surface area contributed by atoms with Gasteiger partial charge in [0.2, 0.25) is 20.0 Å². The third-order valence-electron chi connectivity index (χ3n) is 3.98. The van der Waals surface area contributed by atoms with E-state index in [0.29, 0.717) is 26.2 Å². The molecule has 0 bridgehead atoms. The van der Waals surface area contributed by atoms with Crippen LogP contribution in [0.1, 0.15) is 0 Å². The van der Waals surface area contributed by atoms with Crippen molar-refractivity contribution < 1.29 is 16.8 Å². The molecule has 0 aliphatic carbocycles. The van der Waals surface area contributed by atoms with Gasteiger partial charge in [0.15, 0.2) is 0 Å². The lowest BCUT2D eigenvalue weighted by Crippen LogP contribution is -2.48. The number of sulfonamides is 2. The van der Waals surface area contributed by atoms with Crippen molar-refractivity contribution in [3.8, 4) is 0 Å². The summed E-state index contributed by atoms with van der Waals surface area (Å²) in [5.74, 6) is 0.802. The molecule has 3 rings (SSSR count). The average Bonchev–Trinajstić information content (AvgIpc) is 2.62. The molecule has 25 heavy (non-hydrogen) atoms. The molecule has 1 aliphatic heterocycles. The van der Waals surface area contributed by atoms with Gasteiger partial charge in [-0.1, -0.05) is 12.1 Å². The summed E-state index contributed by atoms with van der Waals surface area (Å²) < 4.78 is 49.8. The number of aromatic nitrogens is 1. The minimum atomic E-state index is -3.96. The van der Waals surface area contributed by atoms with Gasteiger partial charge in [0.05, 0.1) is 9.79 Å². The lowest BCUT2D eigenvalue weighted by Gasteiger charge is -2.34. The molecule has 1 aromatic carbocycles. The normalized spacial score (nSPS) is 16.8. The first kappa shape index (κ1) is 17.8. The summed E-state index contributed by atoms with van der Waals surface area (Å²) in [6.07, 6.45) is 1.69. The minimum absolute atomic E-state index is 0.0784. The van der Waals surface area contributed by atoms with Crippen molar-refractivity contribution in [2.24, 2.45) is 5.14 Å². The van der Waals surface area contributed by atoms with Crippen LogP contribution in [-0.4, -0.2) is 52.3 Å². The zero-order valence-corrected chi connectivity index (χ0v) is 14.9. The first-order valence-electron chi connectivity index (χ1n) is 7.57. The maximum Gasteiger partial charge on any atom is 0.243 e. The number of benzene rings is 1. The Morgan fingerprint density at radius 2 is 1.56 bits per heavy atom. The van der Waals surface area contributed by atoms with Crippen LogP contribution < -0.4 is 10.0 Å². The highest BCUT2D eigenvalue weighted by Gasteiger charge is 2.29. The Balaban J connectivity index is 1.79. The minimum Gasteiger partial charge on any atom is -0.354 e. The van der Waals surface area contributed by atoms with E-state index in [-0.39, 0.29) is 9.79 Å². The maximum atomic E-state index is 12.8. The Labute approximate surface area is 147 Å². The Morgan fingerprint density at radius 3 is 2.16 bits per heavy atom. The standard InChI is InChI=1S/C15H18N4O4S2/c16-24(20,21)13-4-3-5-14(12-13)25(22,23)19-10-8-18(9-11-19)15-6-1-2-7-17-15/h1-7,12H,8-11H2,(H2,16,20,21). The van der Waals surface area contributed by atoms with E-state index in [9.17, 15) is 16.8 Å². The lowest BCUT2D eigenvalue weighted by atomic mass is 10.3. The van der Waals surface area contributed by atoms with Gasteiger partial charge in [-0.05, 0) is 30.3 Å². The molecule has 2 N–H and O–H groups in total. The van der Waals surface area contributed by atoms with Crippen molar-refractivity contribution in [3.63, 3.8) is 0 Å². The molecule has 134 valence electrons. The van der Waals surface area contributed by atoms with Crippen LogP contribution >= 0.6 is 0 Å². The fourth-order valence-electron chi connectivity index (χ4n) is 2.66. The monoisotopic (exact) mass is 382 g/mol. The maximum absolute atomic E-state index is 12.8. The molecule has 0 atom stereocenters. The molecule has 1 saturated heterocycles. The molecule has 1 fully saturated rings. The van der Waals surface area contributed by atoms with Gasteiger partial charge in [-0.2, -0.15) is 4.31 Å². The molecule has 0 radical (unpaired) electrons. The lowest BCUT2D eigenvalue weighted by molar-refractivity contribution is 0.383. The number of rotatable bonds is 4. The van der Waals surface area contributed by atoms with E-state index < -0.39 is 20.0 Å². The molecule has 0 unspecified atom stereocenters. The van der Waals surface area contributed by atoms with Gasteiger partial charge in [0.25, 0.3) is 0 Å². The smallest absolute Gasteiger partial charge is 0.243 e. The first-order valence-corrected chi connectivity index (χ1v) is 10.6. The predicted octanol–water partition coefficient (Wildman–Crippen LogP) is 0.240. The van der Waals surface area contributed by atoms with Crippen molar-refractivity contribution in [1.29, 1.82) is 0 Å². The highest BCUT2D eigenvalue weighted by atomic mass is 32.2. The number of hydrogen-bond acceptors (Lipinski definition) is 6. The summed E-state index contributed by atoms with van der Waals surface area (Å²) in [4.78, 5) is 5.97. The second kappa shape index (κ2) is 6.71. The van der Waals surface area contributed by atoms with Crippen LogP contribution in [0.3, 0.4) is 0 Å². The van der Waals surface area contributed by atoms with Gasteiger partial charge in [-0.15, -0.1) is 0 Å². The van der Waals surface area contributed by atoms with E-state index in [0.717, 1.165) is 11.9 Å². The molecule has 0 amide bonds. The number of nitrogens with two attached hydrogens (primary N) is 1. The quantitative estimate of drug-likeness (QED) is 0.810. The van der Waals surface area contributed by atoms with Crippen LogP contribution in [0.15, 0.2) is 58.5 Å². The summed E-state index contributed by atoms with van der Waals surface area (Å²) >= 11 is 0. The number of hydrogen-bond donors (Lipinski definition) is 1. The number of primary sulfonamides is 1. The van der Waals surface area contributed by atoms with Crippen molar-refractivity contribution in [3.05, 3.63) is 48.7 Å². The molecule has 1 aromatic heterocycles. The van der Waals surface area contributed by atoms with Gasteiger partial charge in [-0.25, -0.2) is 27.0 Å². The van der Waals surface area contributed by atoms with E-state index in [2.05, 4.69) is 4.98 Å². The van der Waals surface area contributed by atoms with E-state index >= 15 is 0 Å². The van der Waals surface area contributed by atoms with Crippen LogP contribution in [0.25, 0.3) is 0 Å². The van der Waals surface area contributed by atoms with Gasteiger partial charge in [0.1, 0.15) is 5.82 Å². The summed E-state index contributed by atoms with van der Waals surface area (Å²) in [5, 5.41) is 5.08. The summed E-state index contributed by atoms with van der Waals surface area (Å²) in [6.45, 7) is 1.59. The summed E-state index contributed by atoms with van der Waals surface area (Å²) in [6, 6.07) is 10.7. The molecular weight excluding hydrogens is 364 g/mol. The van der Waals surface area contributed by atoms with E-state index in [1.807, 2.05) is 23.1 Å². The molecule has 1 aliphatic rings. The van der Waals surface area contributed by atoms with Gasteiger partial charge >= 0.3 is 0 Å². The third kappa shape index (κ3) is 3.82. The molecule has 8 nitrogen and oxygen atoms in total. The van der Waals surface area contributed by atoms with Crippen LogP contribution in [0.5, 0.6) is 0 Å². The summed E-state index contributed by atoms with van der Waals surface area (Å²) in [7, 11) is -7.74.